The predicted molar refractivity (Wildman–Crippen MR) is 49.8 cm³/mol. The molecular weight excluding hydrogens is 134 g/mol. The van der Waals surface area contributed by atoms with Crippen molar-refractivity contribution in [3.63, 3.8) is 0 Å². The highest BCUT2D eigenvalue weighted by atomic mass is 14.7. The van der Waals surface area contributed by atoms with E-state index >= 15 is 0 Å². The third-order valence-corrected chi connectivity index (χ3v) is 1.89. The second kappa shape index (κ2) is 2.26. The Hall–Kier alpha value is -0.980. The lowest BCUT2D eigenvalue weighted by Gasteiger charge is -2.16. The number of aromatic amines is 1. The largest absolute Gasteiger partial charge is 0.361 e. The molecule has 0 amide bonds. The molecular formula is C10H15N. The molecule has 0 aromatic carbocycles. The number of H-pyrrole nitrogens is 1. The van der Waals surface area contributed by atoms with Crippen molar-refractivity contribution in [2.45, 2.75) is 26.2 Å². The standard InChI is InChI=1S/C10H15N/c1-7-8(2)11-6-9(7)10(3,4)5/h6,11H,1-2H2,3-5H3. The van der Waals surface area contributed by atoms with E-state index in [9.17, 15) is 0 Å². The van der Waals surface area contributed by atoms with E-state index in [1.54, 1.807) is 0 Å². The molecule has 1 aromatic rings. The molecule has 1 heteroatoms. The van der Waals surface area contributed by atoms with Gasteiger partial charge in [0, 0.05) is 11.5 Å². The second-order valence-corrected chi connectivity index (χ2v) is 3.91. The summed E-state index contributed by atoms with van der Waals surface area (Å²) < 4.78 is 0. The normalized spacial score (nSPS) is 11.9. The quantitative estimate of drug-likeness (QED) is 0.569. The van der Waals surface area contributed by atoms with Gasteiger partial charge < -0.3 is 4.98 Å². The molecule has 11 heavy (non-hydrogen) atoms. The molecule has 1 rings (SSSR count). The van der Waals surface area contributed by atoms with E-state index in [4.69, 9.17) is 0 Å². The van der Waals surface area contributed by atoms with Crippen LogP contribution in [0.25, 0.3) is 13.2 Å². The lowest BCUT2D eigenvalue weighted by atomic mass is 9.88. The molecule has 0 radical (unpaired) electrons. The first-order chi connectivity index (χ1) is 4.93. The van der Waals surface area contributed by atoms with Gasteiger partial charge in [-0.15, -0.1) is 0 Å². The summed E-state index contributed by atoms with van der Waals surface area (Å²) in [7, 11) is 0. The van der Waals surface area contributed by atoms with Crippen LogP contribution in [0.4, 0.5) is 0 Å². The smallest absolute Gasteiger partial charge is 0.0377 e. The fourth-order valence-corrected chi connectivity index (χ4v) is 1.17. The first-order valence-electron chi connectivity index (χ1n) is 3.78. The van der Waals surface area contributed by atoms with E-state index < -0.39 is 0 Å². The van der Waals surface area contributed by atoms with Gasteiger partial charge in [-0.2, -0.15) is 0 Å². The van der Waals surface area contributed by atoms with Crippen molar-refractivity contribution in [1.82, 2.24) is 4.98 Å². The minimum atomic E-state index is 0.170. The van der Waals surface area contributed by atoms with E-state index in [1.165, 1.54) is 5.56 Å². The van der Waals surface area contributed by atoms with Crippen LogP contribution in [0.15, 0.2) is 6.20 Å². The molecule has 0 bridgehead atoms. The van der Waals surface area contributed by atoms with Crippen LogP contribution in [0, 0.1) is 0 Å². The minimum Gasteiger partial charge on any atom is -0.361 e. The SMILES string of the molecule is C=c1[nH]cc(C(C)(C)C)c1=C. The Balaban J connectivity index is 3.38. The van der Waals surface area contributed by atoms with Gasteiger partial charge in [0.25, 0.3) is 0 Å². The molecule has 1 aromatic heterocycles. The third kappa shape index (κ3) is 1.37. The van der Waals surface area contributed by atoms with Crippen molar-refractivity contribution >= 4 is 13.2 Å². The Morgan fingerprint density at radius 3 is 2.00 bits per heavy atom. The van der Waals surface area contributed by atoms with Crippen LogP contribution in [0.5, 0.6) is 0 Å². The first kappa shape index (κ1) is 8.12. The van der Waals surface area contributed by atoms with Gasteiger partial charge in [0.2, 0.25) is 0 Å². The van der Waals surface area contributed by atoms with Crippen LogP contribution >= 0.6 is 0 Å². The summed E-state index contributed by atoms with van der Waals surface area (Å²) in [6, 6.07) is 0. The molecule has 0 atom stereocenters. The van der Waals surface area contributed by atoms with Crippen molar-refractivity contribution in [2.24, 2.45) is 0 Å². The maximum absolute atomic E-state index is 3.95. The number of nitrogens with one attached hydrogen (secondary N) is 1. The zero-order valence-electron chi connectivity index (χ0n) is 7.49. The molecule has 60 valence electrons. The highest BCUT2D eigenvalue weighted by molar-refractivity contribution is 5.26. The summed E-state index contributed by atoms with van der Waals surface area (Å²) in [6.45, 7) is 14.3. The zero-order valence-corrected chi connectivity index (χ0v) is 7.49. The van der Waals surface area contributed by atoms with E-state index in [-0.39, 0.29) is 5.41 Å². The maximum atomic E-state index is 3.95. The van der Waals surface area contributed by atoms with E-state index in [2.05, 4.69) is 38.9 Å². The zero-order chi connectivity index (χ0) is 8.65. The topological polar surface area (TPSA) is 15.8 Å². The van der Waals surface area contributed by atoms with Gasteiger partial charge >= 0.3 is 0 Å². The van der Waals surface area contributed by atoms with Gasteiger partial charge in [-0.1, -0.05) is 33.9 Å². The summed E-state index contributed by atoms with van der Waals surface area (Å²) in [5.41, 5.74) is 1.42. The molecule has 0 saturated heterocycles. The number of hydrogen-bond acceptors (Lipinski definition) is 0. The number of hydrogen-bond donors (Lipinski definition) is 1. The molecule has 1 heterocycles. The highest BCUT2D eigenvalue weighted by Crippen LogP contribution is 2.16. The average Bonchev–Trinajstić information content (AvgIpc) is 2.11. The molecule has 0 aliphatic rings. The Bertz CT molecular complexity index is 338. The van der Waals surface area contributed by atoms with Crippen molar-refractivity contribution in [1.29, 1.82) is 0 Å². The Labute approximate surface area is 67.5 Å². The van der Waals surface area contributed by atoms with E-state index in [1.807, 2.05) is 6.20 Å². The van der Waals surface area contributed by atoms with Crippen molar-refractivity contribution in [3.05, 3.63) is 22.3 Å². The highest BCUT2D eigenvalue weighted by Gasteiger charge is 2.14. The Kier molecular flexibility index (Phi) is 1.67. The van der Waals surface area contributed by atoms with Gasteiger partial charge in [-0.25, -0.2) is 0 Å². The van der Waals surface area contributed by atoms with Crippen LogP contribution in [0.3, 0.4) is 0 Å². The number of rotatable bonds is 0. The fraction of sp³-hybridized carbons (Fsp3) is 0.400. The average molecular weight is 149 g/mol. The van der Waals surface area contributed by atoms with Crippen molar-refractivity contribution in [3.8, 4) is 0 Å². The van der Waals surface area contributed by atoms with E-state index in [0.717, 1.165) is 10.6 Å². The molecule has 0 unspecified atom stereocenters. The summed E-state index contributed by atoms with van der Waals surface area (Å²) in [5, 5.41) is 1.97. The first-order valence-corrected chi connectivity index (χ1v) is 3.78. The fourth-order valence-electron chi connectivity index (χ4n) is 1.17. The van der Waals surface area contributed by atoms with Crippen LogP contribution in [-0.2, 0) is 5.41 Å². The van der Waals surface area contributed by atoms with Crippen LogP contribution in [-0.4, -0.2) is 4.98 Å². The summed E-state index contributed by atoms with van der Waals surface area (Å²) >= 11 is 0. The second-order valence-electron chi connectivity index (χ2n) is 3.91. The van der Waals surface area contributed by atoms with Crippen LogP contribution < -0.4 is 10.6 Å². The maximum Gasteiger partial charge on any atom is 0.0377 e. The number of aromatic nitrogens is 1. The van der Waals surface area contributed by atoms with Gasteiger partial charge in [0.1, 0.15) is 0 Å². The summed E-state index contributed by atoms with van der Waals surface area (Å²) in [4.78, 5) is 3.07. The molecule has 0 fully saturated rings. The monoisotopic (exact) mass is 149 g/mol. The minimum absolute atomic E-state index is 0.170. The Morgan fingerprint density at radius 1 is 1.27 bits per heavy atom. The van der Waals surface area contributed by atoms with E-state index in [0.29, 0.717) is 0 Å². The van der Waals surface area contributed by atoms with Crippen LogP contribution in [0.1, 0.15) is 26.3 Å². The lowest BCUT2D eigenvalue weighted by molar-refractivity contribution is 0.587. The van der Waals surface area contributed by atoms with Gasteiger partial charge in [0.15, 0.2) is 0 Å². The molecule has 1 N–H and O–H groups in total. The van der Waals surface area contributed by atoms with Gasteiger partial charge in [-0.3, -0.25) is 0 Å². The summed E-state index contributed by atoms with van der Waals surface area (Å²) in [5.74, 6) is 0. The van der Waals surface area contributed by atoms with Crippen LogP contribution in [0.2, 0.25) is 0 Å². The van der Waals surface area contributed by atoms with Gasteiger partial charge in [0.05, 0.1) is 0 Å². The van der Waals surface area contributed by atoms with Gasteiger partial charge in [-0.05, 0) is 16.2 Å². The molecule has 0 aliphatic carbocycles. The molecule has 0 spiro atoms. The van der Waals surface area contributed by atoms with Crippen molar-refractivity contribution < 1.29 is 0 Å². The summed E-state index contributed by atoms with van der Waals surface area (Å²) in [6.07, 6.45) is 1.99. The molecule has 0 aliphatic heterocycles. The molecule has 0 saturated carbocycles. The van der Waals surface area contributed by atoms with Crippen molar-refractivity contribution in [2.75, 3.05) is 0 Å². The lowest BCUT2D eigenvalue weighted by Crippen LogP contribution is -2.27. The predicted octanol–water partition coefficient (Wildman–Crippen LogP) is 1.13. The Morgan fingerprint density at radius 2 is 1.82 bits per heavy atom. The third-order valence-electron chi connectivity index (χ3n) is 1.89. The molecule has 1 nitrogen and oxygen atoms in total.